The van der Waals surface area contributed by atoms with Gasteiger partial charge in [0.2, 0.25) is 5.91 Å². The number of alkyl halides is 3. The minimum absolute atomic E-state index is 0. The largest absolute Gasteiger partial charge is 0.434 e. The molecule has 0 fully saturated rings. The van der Waals surface area contributed by atoms with E-state index in [1.54, 1.807) is 6.92 Å². The van der Waals surface area contributed by atoms with E-state index >= 15 is 0 Å². The lowest BCUT2D eigenvalue weighted by Crippen LogP contribution is -2.44. The lowest BCUT2D eigenvalue weighted by molar-refractivity contribution is -0.140. The van der Waals surface area contributed by atoms with Gasteiger partial charge in [-0.15, -0.1) is 23.7 Å². The van der Waals surface area contributed by atoms with Crippen LogP contribution in [0, 0.1) is 0 Å². The van der Waals surface area contributed by atoms with E-state index < -0.39 is 29.9 Å². The van der Waals surface area contributed by atoms with Gasteiger partial charge in [-0.3, -0.25) is 4.79 Å². The number of carbonyl (C=O) groups is 1. The Morgan fingerprint density at radius 1 is 1.57 bits per heavy atom. The number of nitrogens with zero attached hydrogens (tertiary/aromatic N) is 1. The summed E-state index contributed by atoms with van der Waals surface area (Å²) in [7, 11) is 1.40. The Labute approximate surface area is 130 Å². The van der Waals surface area contributed by atoms with Gasteiger partial charge in [-0.1, -0.05) is 6.92 Å². The van der Waals surface area contributed by atoms with Crippen molar-refractivity contribution in [2.45, 2.75) is 31.6 Å². The van der Waals surface area contributed by atoms with Crippen LogP contribution in [-0.4, -0.2) is 30.6 Å². The predicted molar refractivity (Wildman–Crippen MR) is 75.4 cm³/mol. The summed E-state index contributed by atoms with van der Waals surface area (Å²) in [6, 6.07) is -1.46. The van der Waals surface area contributed by atoms with E-state index in [-0.39, 0.29) is 24.0 Å². The minimum Gasteiger partial charge on any atom is -0.383 e. The molecule has 1 rings (SSSR count). The third-order valence-corrected chi connectivity index (χ3v) is 3.48. The van der Waals surface area contributed by atoms with Gasteiger partial charge >= 0.3 is 6.18 Å². The number of nitrogens with one attached hydrogen (secondary N) is 1. The number of methoxy groups -OCH3 is 1. The molecule has 0 aromatic carbocycles. The van der Waals surface area contributed by atoms with Crippen molar-refractivity contribution in [1.82, 2.24) is 10.3 Å². The van der Waals surface area contributed by atoms with E-state index in [0.29, 0.717) is 6.42 Å². The highest BCUT2D eigenvalue weighted by atomic mass is 35.5. The quantitative estimate of drug-likeness (QED) is 0.826. The summed E-state index contributed by atoms with van der Waals surface area (Å²) in [5, 5.41) is 3.71. The van der Waals surface area contributed by atoms with Crippen molar-refractivity contribution in [1.29, 1.82) is 0 Å². The molecule has 1 amide bonds. The molecule has 2 unspecified atom stereocenters. The van der Waals surface area contributed by atoms with E-state index in [9.17, 15) is 18.0 Å². The van der Waals surface area contributed by atoms with Gasteiger partial charge in [0, 0.05) is 12.5 Å². The third-order valence-electron chi connectivity index (χ3n) is 2.52. The topological polar surface area (TPSA) is 77.2 Å². The number of nitrogens with two attached hydrogens (primary N) is 1. The van der Waals surface area contributed by atoms with Gasteiger partial charge in [0.25, 0.3) is 0 Å². The lowest BCUT2D eigenvalue weighted by Gasteiger charge is -2.17. The molecule has 21 heavy (non-hydrogen) atoms. The van der Waals surface area contributed by atoms with Gasteiger partial charge in [-0.2, -0.15) is 13.2 Å². The molecule has 1 aromatic rings. The zero-order valence-electron chi connectivity index (χ0n) is 11.4. The molecule has 0 aliphatic carbocycles. The fourth-order valence-corrected chi connectivity index (χ4v) is 2.41. The van der Waals surface area contributed by atoms with Crippen LogP contribution in [0.4, 0.5) is 13.2 Å². The van der Waals surface area contributed by atoms with Crippen molar-refractivity contribution in [3.63, 3.8) is 0 Å². The molecular formula is C11H17ClF3N3O2S. The van der Waals surface area contributed by atoms with Crippen LogP contribution in [0.15, 0.2) is 5.38 Å². The van der Waals surface area contributed by atoms with Gasteiger partial charge in [-0.05, 0) is 6.42 Å². The number of amides is 1. The Morgan fingerprint density at radius 3 is 2.62 bits per heavy atom. The summed E-state index contributed by atoms with van der Waals surface area (Å²) in [6.45, 7) is 1.77. The smallest absolute Gasteiger partial charge is 0.383 e. The van der Waals surface area contributed by atoms with Crippen LogP contribution in [0.5, 0.6) is 0 Å². The van der Waals surface area contributed by atoms with Crippen LogP contribution >= 0.6 is 23.7 Å². The van der Waals surface area contributed by atoms with Gasteiger partial charge in [-0.25, -0.2) is 4.98 Å². The van der Waals surface area contributed by atoms with Crippen molar-refractivity contribution in [2.24, 2.45) is 5.73 Å². The molecule has 3 N–H and O–H groups in total. The number of halogens is 4. The number of aromatic nitrogens is 1. The molecule has 0 radical (unpaired) electrons. The fourth-order valence-electron chi connectivity index (χ4n) is 1.45. The first-order valence-corrected chi connectivity index (χ1v) is 6.75. The van der Waals surface area contributed by atoms with E-state index in [1.807, 2.05) is 0 Å². The summed E-state index contributed by atoms with van der Waals surface area (Å²) in [5.41, 5.74) is 4.60. The van der Waals surface area contributed by atoms with E-state index in [0.717, 1.165) is 16.7 Å². The Balaban J connectivity index is 0.00000400. The molecule has 10 heteroatoms. The number of carbonyl (C=O) groups excluding carboxylic acids is 1. The first-order chi connectivity index (χ1) is 9.29. The number of hydrogen-bond donors (Lipinski definition) is 2. The van der Waals surface area contributed by atoms with Crippen LogP contribution in [0.1, 0.15) is 30.1 Å². The van der Waals surface area contributed by atoms with Crippen molar-refractivity contribution in [3.8, 4) is 0 Å². The second-order valence-electron chi connectivity index (χ2n) is 4.10. The van der Waals surface area contributed by atoms with Crippen LogP contribution < -0.4 is 11.1 Å². The predicted octanol–water partition coefficient (Wildman–Crippen LogP) is 2.12. The second kappa shape index (κ2) is 8.52. The Bertz CT molecular complexity index is 456. The highest BCUT2D eigenvalue weighted by molar-refractivity contribution is 7.09. The first kappa shape index (κ1) is 20.1. The number of rotatable bonds is 6. The maximum Gasteiger partial charge on any atom is 0.434 e. The van der Waals surface area contributed by atoms with Crippen LogP contribution in [0.25, 0.3) is 0 Å². The summed E-state index contributed by atoms with van der Waals surface area (Å²) in [4.78, 5) is 15.2. The zero-order valence-corrected chi connectivity index (χ0v) is 13.1. The summed E-state index contributed by atoms with van der Waals surface area (Å²) in [6.07, 6.45) is -4.07. The molecule has 0 saturated carbocycles. The molecule has 0 bridgehead atoms. The molecule has 1 heterocycles. The minimum atomic E-state index is -4.48. The molecular weight excluding hydrogens is 331 g/mol. The Hall–Kier alpha value is -0.900. The highest BCUT2D eigenvalue weighted by Gasteiger charge is 2.34. The maximum atomic E-state index is 12.5. The van der Waals surface area contributed by atoms with E-state index in [4.69, 9.17) is 10.5 Å². The average molecular weight is 348 g/mol. The number of thiazole rings is 1. The molecule has 0 aliphatic heterocycles. The zero-order chi connectivity index (χ0) is 15.3. The van der Waals surface area contributed by atoms with Crippen molar-refractivity contribution < 1.29 is 22.7 Å². The molecule has 0 aliphatic rings. The van der Waals surface area contributed by atoms with Crippen LogP contribution in [0.2, 0.25) is 0 Å². The molecule has 1 aromatic heterocycles. The Kier molecular flexibility index (Phi) is 8.16. The number of hydrogen-bond acceptors (Lipinski definition) is 5. The van der Waals surface area contributed by atoms with Gasteiger partial charge in [0.1, 0.15) is 11.0 Å². The monoisotopic (exact) mass is 347 g/mol. The van der Waals surface area contributed by atoms with Crippen molar-refractivity contribution >= 4 is 29.7 Å². The van der Waals surface area contributed by atoms with Gasteiger partial charge in [0.05, 0.1) is 12.6 Å². The molecule has 0 spiro atoms. The summed E-state index contributed by atoms with van der Waals surface area (Å²) >= 11 is 0.858. The third kappa shape index (κ3) is 5.77. The molecule has 5 nitrogen and oxygen atoms in total. The second-order valence-corrected chi connectivity index (χ2v) is 4.99. The van der Waals surface area contributed by atoms with E-state index in [1.165, 1.54) is 7.11 Å². The number of ether oxygens (including phenoxy) is 1. The lowest BCUT2D eigenvalue weighted by atomic mass is 10.2. The normalized spacial score (nSPS) is 14.2. The van der Waals surface area contributed by atoms with Gasteiger partial charge < -0.3 is 15.8 Å². The van der Waals surface area contributed by atoms with Gasteiger partial charge in [0.15, 0.2) is 5.69 Å². The fraction of sp³-hybridized carbons (Fsp3) is 0.636. The van der Waals surface area contributed by atoms with Crippen molar-refractivity contribution in [2.75, 3.05) is 13.7 Å². The van der Waals surface area contributed by atoms with E-state index in [2.05, 4.69) is 10.3 Å². The highest BCUT2D eigenvalue weighted by Crippen LogP contribution is 2.32. The Morgan fingerprint density at radius 2 is 2.19 bits per heavy atom. The first-order valence-electron chi connectivity index (χ1n) is 5.87. The summed E-state index contributed by atoms with van der Waals surface area (Å²) in [5.74, 6) is -0.484. The summed E-state index contributed by atoms with van der Waals surface area (Å²) < 4.78 is 42.2. The maximum absolute atomic E-state index is 12.5. The van der Waals surface area contributed by atoms with Crippen LogP contribution in [-0.2, 0) is 15.7 Å². The van der Waals surface area contributed by atoms with Crippen LogP contribution in [0.3, 0.4) is 0 Å². The van der Waals surface area contributed by atoms with Crippen molar-refractivity contribution in [3.05, 3.63) is 16.1 Å². The molecule has 2 atom stereocenters. The molecule has 0 saturated heterocycles. The SMILES string of the molecule is CCC(NC(=O)C(N)COC)c1nc(C(F)(F)F)cs1.Cl. The molecule has 122 valence electrons. The standard InChI is InChI=1S/C11H16F3N3O2S.ClH/c1-3-7(16-9(18)6(15)4-19-2)10-17-8(5-20-10)11(12,13)14;/h5-7H,3-4,15H2,1-2H3,(H,16,18);1H. The average Bonchev–Trinajstić information content (AvgIpc) is 2.85.